The summed E-state index contributed by atoms with van der Waals surface area (Å²) in [5.41, 5.74) is 3.08. The molecular formula is C25H35ClF3NO4Si. The van der Waals surface area contributed by atoms with Crippen LogP contribution in [0.1, 0.15) is 62.3 Å². The lowest BCUT2D eigenvalue weighted by molar-refractivity contribution is -0.274. The van der Waals surface area contributed by atoms with Crippen LogP contribution in [0, 0.1) is 16.9 Å². The van der Waals surface area contributed by atoms with Crippen LogP contribution in [0.25, 0.3) is 0 Å². The van der Waals surface area contributed by atoms with E-state index in [9.17, 15) is 27.9 Å². The molecule has 5 nitrogen and oxygen atoms in total. The predicted octanol–water partition coefficient (Wildman–Crippen LogP) is 7.29. The molecule has 0 aliphatic heterocycles. The maximum atomic E-state index is 13.5. The molecule has 1 aromatic carbocycles. The zero-order valence-electron chi connectivity index (χ0n) is 21.7. The first-order valence-corrected chi connectivity index (χ1v) is 14.0. The molecule has 0 heterocycles. The Balaban J connectivity index is 3.75. The average molecular weight is 534 g/mol. The van der Waals surface area contributed by atoms with Crippen LogP contribution in [0.5, 0.6) is 5.75 Å². The van der Waals surface area contributed by atoms with Gasteiger partial charge >= 0.3 is 18.2 Å². The largest absolute Gasteiger partial charge is 0.573 e. The fourth-order valence-corrected chi connectivity index (χ4v) is 10.2. The molecule has 0 saturated carbocycles. The minimum atomic E-state index is -4.96. The lowest BCUT2D eigenvalue weighted by Crippen LogP contribution is -2.52. The molecule has 0 bridgehead atoms. The Labute approximate surface area is 212 Å². The SMILES string of the molecule is CC(C)[Si](C#CC(=O)N(c1ccc(OC(F)(F)F)c(Cl)c1)C(C(=O)O)C(C)(C)C)(C(C)C)C(C)C. The number of hydrogen-bond donors (Lipinski definition) is 1. The van der Waals surface area contributed by atoms with Crippen molar-refractivity contribution in [1.29, 1.82) is 0 Å². The highest BCUT2D eigenvalue weighted by atomic mass is 35.5. The summed E-state index contributed by atoms with van der Waals surface area (Å²) >= 11 is 6.02. The molecule has 1 N–H and O–H groups in total. The lowest BCUT2D eigenvalue weighted by atomic mass is 9.85. The van der Waals surface area contributed by atoms with Gasteiger partial charge in [-0.15, -0.1) is 18.7 Å². The van der Waals surface area contributed by atoms with Gasteiger partial charge in [-0.25, -0.2) is 4.79 Å². The van der Waals surface area contributed by atoms with E-state index in [1.165, 1.54) is 6.07 Å². The van der Waals surface area contributed by atoms with Crippen molar-refractivity contribution in [2.45, 2.75) is 91.3 Å². The Morgan fingerprint density at radius 1 is 1.03 bits per heavy atom. The standard InChI is InChI=1S/C25H35ClF3NO4Si/c1-15(2)35(16(3)4,17(5)6)13-12-21(31)30(22(23(32)33)24(7,8)9)18-10-11-20(19(26)14-18)34-25(27,28)29/h10-11,14-17,22H,1-9H3,(H,32,33). The molecule has 1 aromatic rings. The molecule has 1 amide bonds. The molecule has 1 atom stereocenters. The molecule has 0 radical (unpaired) electrons. The van der Waals surface area contributed by atoms with Crippen molar-refractivity contribution in [3.8, 4) is 17.2 Å². The van der Waals surface area contributed by atoms with Crippen molar-refractivity contribution in [2.75, 3.05) is 4.90 Å². The van der Waals surface area contributed by atoms with Crippen molar-refractivity contribution >= 4 is 37.2 Å². The molecule has 0 aliphatic carbocycles. The second kappa shape index (κ2) is 11.3. The van der Waals surface area contributed by atoms with Crippen molar-refractivity contribution in [2.24, 2.45) is 5.41 Å². The van der Waals surface area contributed by atoms with Crippen molar-refractivity contribution < 1.29 is 32.6 Å². The van der Waals surface area contributed by atoms with Gasteiger partial charge in [0.1, 0.15) is 19.9 Å². The summed E-state index contributed by atoms with van der Waals surface area (Å²) in [6.45, 7) is 17.4. The number of carboxylic acid groups (broad SMARTS) is 1. The first-order chi connectivity index (χ1) is 15.8. The van der Waals surface area contributed by atoms with E-state index in [2.05, 4.69) is 57.7 Å². The Morgan fingerprint density at radius 3 is 1.86 bits per heavy atom. The van der Waals surface area contributed by atoms with Gasteiger partial charge in [0.05, 0.1) is 5.02 Å². The summed E-state index contributed by atoms with van der Waals surface area (Å²) < 4.78 is 41.9. The molecule has 1 rings (SSSR count). The highest BCUT2D eigenvalue weighted by Crippen LogP contribution is 2.41. The zero-order chi connectivity index (χ0) is 27.5. The number of amides is 1. The Kier molecular flexibility index (Phi) is 9.92. The summed E-state index contributed by atoms with van der Waals surface area (Å²) in [4.78, 5) is 26.8. The third-order valence-electron chi connectivity index (χ3n) is 6.20. The normalized spacial score (nSPS) is 13.5. The monoisotopic (exact) mass is 533 g/mol. The van der Waals surface area contributed by atoms with Gasteiger partial charge in [0.25, 0.3) is 0 Å². The van der Waals surface area contributed by atoms with Crippen LogP contribution in [-0.2, 0) is 9.59 Å². The maximum absolute atomic E-state index is 13.5. The number of benzene rings is 1. The number of rotatable bonds is 7. The third kappa shape index (κ3) is 7.40. The van der Waals surface area contributed by atoms with Crippen LogP contribution in [-0.4, -0.2) is 37.5 Å². The second-order valence-corrected chi connectivity index (χ2v) is 16.6. The molecule has 10 heteroatoms. The molecule has 35 heavy (non-hydrogen) atoms. The van der Waals surface area contributed by atoms with Crippen molar-refractivity contribution in [1.82, 2.24) is 0 Å². The van der Waals surface area contributed by atoms with E-state index in [1.807, 2.05) is 0 Å². The highest BCUT2D eigenvalue weighted by Gasteiger charge is 2.43. The zero-order valence-corrected chi connectivity index (χ0v) is 23.4. The minimum absolute atomic E-state index is 0.0112. The van der Waals surface area contributed by atoms with E-state index < -0.39 is 48.5 Å². The molecule has 1 unspecified atom stereocenters. The van der Waals surface area contributed by atoms with Gasteiger partial charge in [-0.2, -0.15) is 0 Å². The minimum Gasteiger partial charge on any atom is -0.480 e. The van der Waals surface area contributed by atoms with Gasteiger partial charge in [0, 0.05) is 5.69 Å². The fraction of sp³-hybridized carbons (Fsp3) is 0.600. The number of aliphatic carboxylic acids is 1. The fourth-order valence-electron chi connectivity index (χ4n) is 4.75. The van der Waals surface area contributed by atoms with E-state index in [1.54, 1.807) is 20.8 Å². The molecule has 0 saturated heterocycles. The summed E-state index contributed by atoms with van der Waals surface area (Å²) in [5, 5.41) is 9.60. The predicted molar refractivity (Wildman–Crippen MR) is 135 cm³/mol. The van der Waals surface area contributed by atoms with Crippen molar-refractivity contribution in [3.63, 3.8) is 0 Å². The summed E-state index contributed by atoms with van der Waals surface area (Å²) in [6.07, 6.45) is -4.96. The molecular weight excluding hydrogens is 499 g/mol. The number of alkyl halides is 3. The first kappa shape index (κ1) is 30.8. The quantitative estimate of drug-likeness (QED) is 0.295. The Bertz CT molecular complexity index is 969. The topological polar surface area (TPSA) is 66.8 Å². The van der Waals surface area contributed by atoms with Gasteiger partial charge in [0.15, 0.2) is 0 Å². The molecule has 0 spiro atoms. The summed E-state index contributed by atoms with van der Waals surface area (Å²) in [6, 6.07) is 1.85. The maximum Gasteiger partial charge on any atom is 0.573 e. The number of hydrogen-bond acceptors (Lipinski definition) is 3. The van der Waals surface area contributed by atoms with Crippen LogP contribution in [0.2, 0.25) is 21.6 Å². The van der Waals surface area contributed by atoms with Gasteiger partial charge in [-0.1, -0.05) is 73.9 Å². The number of carbonyl (C=O) groups excluding carboxylic acids is 1. The Morgan fingerprint density at radius 2 is 1.51 bits per heavy atom. The van der Waals surface area contributed by atoms with E-state index in [0.29, 0.717) is 0 Å². The molecule has 196 valence electrons. The summed E-state index contributed by atoms with van der Waals surface area (Å²) in [7, 11) is -2.32. The van der Waals surface area contributed by atoms with E-state index in [-0.39, 0.29) is 22.3 Å². The van der Waals surface area contributed by atoms with Crippen LogP contribution >= 0.6 is 11.6 Å². The highest BCUT2D eigenvalue weighted by molar-refractivity contribution is 6.90. The van der Waals surface area contributed by atoms with E-state index in [4.69, 9.17) is 11.6 Å². The number of nitrogens with zero attached hydrogens (tertiary/aromatic N) is 1. The van der Waals surface area contributed by atoms with Gasteiger partial charge in [0.2, 0.25) is 0 Å². The van der Waals surface area contributed by atoms with Crippen LogP contribution in [0.15, 0.2) is 18.2 Å². The van der Waals surface area contributed by atoms with Crippen molar-refractivity contribution in [3.05, 3.63) is 23.2 Å². The van der Waals surface area contributed by atoms with Gasteiger partial charge < -0.3 is 9.84 Å². The van der Waals surface area contributed by atoms with E-state index >= 15 is 0 Å². The lowest BCUT2D eigenvalue weighted by Gasteiger charge is -2.38. The van der Waals surface area contributed by atoms with Crippen LogP contribution < -0.4 is 9.64 Å². The molecule has 0 aliphatic rings. The van der Waals surface area contributed by atoms with Crippen LogP contribution in [0.4, 0.5) is 18.9 Å². The average Bonchev–Trinajstić information content (AvgIpc) is 2.64. The number of carbonyl (C=O) groups is 2. The van der Waals surface area contributed by atoms with E-state index in [0.717, 1.165) is 17.0 Å². The number of ether oxygens (including phenoxy) is 1. The smallest absolute Gasteiger partial charge is 0.480 e. The van der Waals surface area contributed by atoms with Gasteiger partial charge in [-0.05, 0) is 46.2 Å². The number of halogens is 4. The molecule has 0 fully saturated rings. The Hall–Kier alpha value is -2.18. The second-order valence-electron chi connectivity index (χ2n) is 10.6. The third-order valence-corrected chi connectivity index (χ3v) is 12.8. The first-order valence-electron chi connectivity index (χ1n) is 11.4. The number of carboxylic acids is 1. The summed E-state index contributed by atoms with van der Waals surface area (Å²) in [5.74, 6) is 0.0335. The van der Waals surface area contributed by atoms with Crippen LogP contribution in [0.3, 0.4) is 0 Å². The molecule has 0 aromatic heterocycles. The number of anilines is 1. The van der Waals surface area contributed by atoms with Gasteiger partial charge in [-0.3, -0.25) is 9.69 Å².